The zero-order valence-electron chi connectivity index (χ0n) is 11.4. The minimum atomic E-state index is -0.118. The topological polar surface area (TPSA) is 43.8 Å². The first kappa shape index (κ1) is 14.2. The Hall–Kier alpha value is -1.26. The highest BCUT2D eigenvalue weighted by Gasteiger charge is 2.30. The molecule has 0 spiro atoms. The molecule has 1 aromatic rings. The highest BCUT2D eigenvalue weighted by Crippen LogP contribution is 2.24. The average molecular weight is 283 g/mol. The molecule has 4 nitrogen and oxygen atoms in total. The number of hydrogen-bond acceptors (Lipinski definition) is 3. The predicted molar refractivity (Wildman–Crippen MR) is 75.7 cm³/mol. The summed E-state index contributed by atoms with van der Waals surface area (Å²) in [4.78, 5) is 16.5. The van der Waals surface area contributed by atoms with E-state index in [2.05, 4.69) is 25.8 Å². The van der Waals surface area contributed by atoms with Gasteiger partial charge in [-0.1, -0.05) is 11.6 Å². The molecule has 5 heteroatoms. The number of carbonyl (C=O) groups excluding carboxylic acids is 1. The molecule has 19 heavy (non-hydrogen) atoms. The first-order valence-corrected chi connectivity index (χ1v) is 6.77. The number of hydrogen-bond donors (Lipinski definition) is 1. The molecule has 2 atom stereocenters. The molecule has 104 valence electrons. The number of rotatable bonds is 1. The lowest BCUT2D eigenvalue weighted by molar-refractivity contribution is 0.0414. The van der Waals surface area contributed by atoms with Gasteiger partial charge in [0.1, 0.15) is 5.75 Å². The van der Waals surface area contributed by atoms with E-state index in [4.69, 9.17) is 11.6 Å². The Kier molecular flexibility index (Phi) is 4.02. The zero-order chi connectivity index (χ0) is 14.2. The van der Waals surface area contributed by atoms with Crippen LogP contribution in [-0.2, 0) is 0 Å². The normalized spacial score (nSPS) is 24.5. The molecule has 1 heterocycles. The number of carbonyl (C=O) groups is 1. The van der Waals surface area contributed by atoms with E-state index in [9.17, 15) is 9.90 Å². The lowest BCUT2D eigenvalue weighted by Gasteiger charge is -2.42. The molecule has 0 aliphatic carbocycles. The highest BCUT2D eigenvalue weighted by molar-refractivity contribution is 6.33. The van der Waals surface area contributed by atoms with Gasteiger partial charge in [-0.25, -0.2) is 0 Å². The Morgan fingerprint density at radius 3 is 2.47 bits per heavy atom. The Bertz CT molecular complexity index is 480. The fraction of sp³-hybridized carbons (Fsp3) is 0.500. The Labute approximate surface area is 118 Å². The Morgan fingerprint density at radius 2 is 1.89 bits per heavy atom. The van der Waals surface area contributed by atoms with Crippen molar-refractivity contribution in [2.24, 2.45) is 0 Å². The van der Waals surface area contributed by atoms with Crippen molar-refractivity contribution in [2.75, 3.05) is 20.1 Å². The highest BCUT2D eigenvalue weighted by atomic mass is 35.5. The third-order valence-corrected chi connectivity index (χ3v) is 4.16. The summed E-state index contributed by atoms with van der Waals surface area (Å²) in [5.41, 5.74) is 0.366. The quantitative estimate of drug-likeness (QED) is 0.859. The molecule has 0 saturated carbocycles. The van der Waals surface area contributed by atoms with Crippen LogP contribution in [0.15, 0.2) is 18.2 Å². The second-order valence-corrected chi connectivity index (χ2v) is 5.64. The Balaban J connectivity index is 2.22. The summed E-state index contributed by atoms with van der Waals surface area (Å²) in [6.45, 7) is 5.54. The van der Waals surface area contributed by atoms with Gasteiger partial charge in [-0.05, 0) is 39.1 Å². The molecule has 0 aromatic heterocycles. The van der Waals surface area contributed by atoms with Crippen LogP contribution in [0.3, 0.4) is 0 Å². The van der Waals surface area contributed by atoms with Crippen LogP contribution in [0.5, 0.6) is 5.75 Å². The van der Waals surface area contributed by atoms with Gasteiger partial charge in [0, 0.05) is 25.2 Å². The van der Waals surface area contributed by atoms with Crippen LogP contribution in [0.2, 0.25) is 5.02 Å². The number of phenols is 1. The van der Waals surface area contributed by atoms with E-state index in [1.54, 1.807) is 11.0 Å². The number of piperazine rings is 1. The van der Waals surface area contributed by atoms with Gasteiger partial charge in [0.2, 0.25) is 0 Å². The van der Waals surface area contributed by atoms with Gasteiger partial charge in [0.25, 0.3) is 5.91 Å². The molecule has 1 N–H and O–H groups in total. The molecule has 0 radical (unpaired) electrons. The van der Waals surface area contributed by atoms with Crippen LogP contribution in [-0.4, -0.2) is 53.0 Å². The van der Waals surface area contributed by atoms with Crippen molar-refractivity contribution in [1.82, 2.24) is 9.80 Å². The summed E-state index contributed by atoms with van der Waals surface area (Å²) in [5.74, 6) is -0.0596. The van der Waals surface area contributed by atoms with Crippen molar-refractivity contribution >= 4 is 17.5 Å². The second-order valence-electron chi connectivity index (χ2n) is 5.24. The van der Waals surface area contributed by atoms with Crippen LogP contribution >= 0.6 is 11.6 Å². The summed E-state index contributed by atoms with van der Waals surface area (Å²) < 4.78 is 0. The van der Waals surface area contributed by atoms with Gasteiger partial charge < -0.3 is 10.0 Å². The summed E-state index contributed by atoms with van der Waals surface area (Å²) >= 11 is 6.04. The average Bonchev–Trinajstić information content (AvgIpc) is 2.37. The first-order valence-electron chi connectivity index (χ1n) is 6.40. The van der Waals surface area contributed by atoms with Gasteiger partial charge in [-0.15, -0.1) is 0 Å². The van der Waals surface area contributed by atoms with E-state index in [0.29, 0.717) is 35.8 Å². The summed E-state index contributed by atoms with van der Waals surface area (Å²) in [7, 11) is 2.07. The molecule has 2 unspecified atom stereocenters. The van der Waals surface area contributed by atoms with Crippen molar-refractivity contribution < 1.29 is 9.90 Å². The van der Waals surface area contributed by atoms with Gasteiger partial charge in [-0.3, -0.25) is 9.69 Å². The molecule has 1 saturated heterocycles. The molecule has 1 fully saturated rings. The number of likely N-dealkylation sites (N-methyl/N-ethyl adjacent to an activating group) is 1. The number of phenolic OH excluding ortho intramolecular Hbond substituents is 1. The lowest BCUT2D eigenvalue weighted by Crippen LogP contribution is -2.56. The maximum absolute atomic E-state index is 12.5. The minimum Gasteiger partial charge on any atom is -0.508 e. The van der Waals surface area contributed by atoms with E-state index >= 15 is 0 Å². The van der Waals surface area contributed by atoms with Gasteiger partial charge in [0.15, 0.2) is 0 Å². The minimum absolute atomic E-state index is 0.0583. The molecule has 0 bridgehead atoms. The largest absolute Gasteiger partial charge is 0.508 e. The third kappa shape index (κ3) is 2.85. The summed E-state index contributed by atoms with van der Waals surface area (Å²) in [6.07, 6.45) is 0. The number of aromatic hydroxyl groups is 1. The van der Waals surface area contributed by atoms with Crippen LogP contribution in [0.4, 0.5) is 0 Å². The maximum Gasteiger partial charge on any atom is 0.255 e. The number of amides is 1. The predicted octanol–water partition coefficient (Wildman–Crippen LogP) is 2.21. The van der Waals surface area contributed by atoms with E-state index in [1.807, 2.05) is 0 Å². The number of halogens is 1. The van der Waals surface area contributed by atoms with Crippen molar-refractivity contribution in [2.45, 2.75) is 25.9 Å². The van der Waals surface area contributed by atoms with Crippen molar-refractivity contribution in [1.29, 1.82) is 0 Å². The molecule has 1 amide bonds. The molecule has 1 aliphatic rings. The molecular formula is C14H19ClN2O2. The molecule has 2 rings (SSSR count). The lowest BCUT2D eigenvalue weighted by atomic mass is 10.1. The maximum atomic E-state index is 12.5. The van der Waals surface area contributed by atoms with Crippen LogP contribution < -0.4 is 0 Å². The van der Waals surface area contributed by atoms with E-state index in [1.165, 1.54) is 12.1 Å². The third-order valence-electron chi connectivity index (χ3n) is 3.83. The van der Waals surface area contributed by atoms with Crippen LogP contribution in [0.1, 0.15) is 24.2 Å². The first-order chi connectivity index (χ1) is 8.90. The standard InChI is InChI=1S/C14H19ClN2O2/c1-9-7-17(8-10(2)16(9)3)14(19)12-6-11(18)4-5-13(12)15/h4-6,9-10,18H,7-8H2,1-3H3. The van der Waals surface area contributed by atoms with Crippen molar-refractivity contribution in [3.63, 3.8) is 0 Å². The summed E-state index contributed by atoms with van der Waals surface area (Å²) in [6, 6.07) is 5.08. The van der Waals surface area contributed by atoms with E-state index in [-0.39, 0.29) is 11.7 Å². The SMILES string of the molecule is CC1CN(C(=O)c2cc(O)ccc2Cl)CC(C)N1C. The smallest absolute Gasteiger partial charge is 0.255 e. The van der Waals surface area contributed by atoms with Crippen molar-refractivity contribution in [3.8, 4) is 5.75 Å². The van der Waals surface area contributed by atoms with Gasteiger partial charge >= 0.3 is 0 Å². The van der Waals surface area contributed by atoms with Crippen LogP contribution in [0.25, 0.3) is 0 Å². The van der Waals surface area contributed by atoms with Gasteiger partial charge in [-0.2, -0.15) is 0 Å². The number of nitrogens with zero attached hydrogens (tertiary/aromatic N) is 2. The fourth-order valence-corrected chi connectivity index (χ4v) is 2.62. The summed E-state index contributed by atoms with van der Waals surface area (Å²) in [5, 5.41) is 9.87. The molecule has 1 aliphatic heterocycles. The molecular weight excluding hydrogens is 264 g/mol. The fourth-order valence-electron chi connectivity index (χ4n) is 2.42. The van der Waals surface area contributed by atoms with Crippen molar-refractivity contribution in [3.05, 3.63) is 28.8 Å². The monoisotopic (exact) mass is 282 g/mol. The number of benzene rings is 1. The van der Waals surface area contributed by atoms with Crippen LogP contribution in [0, 0.1) is 0 Å². The Morgan fingerprint density at radius 1 is 1.32 bits per heavy atom. The zero-order valence-corrected chi connectivity index (χ0v) is 12.2. The van der Waals surface area contributed by atoms with E-state index in [0.717, 1.165) is 0 Å². The van der Waals surface area contributed by atoms with Gasteiger partial charge in [0.05, 0.1) is 10.6 Å². The molecule has 1 aromatic carbocycles. The second kappa shape index (κ2) is 5.39. The van der Waals surface area contributed by atoms with E-state index < -0.39 is 0 Å².